The number of fused-ring (bicyclic) bond motifs is 1. The Labute approximate surface area is 203 Å². The van der Waals surface area contributed by atoms with Crippen molar-refractivity contribution in [2.45, 2.75) is 42.5 Å². The number of benzene rings is 2. The summed E-state index contributed by atoms with van der Waals surface area (Å²) in [7, 11) is -5.97. The Balaban J connectivity index is 2.25. The summed E-state index contributed by atoms with van der Waals surface area (Å²) in [5, 5.41) is -7.06. The van der Waals surface area contributed by atoms with Gasteiger partial charge in [0, 0.05) is 11.1 Å². The minimum Gasteiger partial charge on any atom is -0.497 e. The second-order valence-corrected chi connectivity index (χ2v) is 9.48. The molecule has 1 aliphatic rings. The highest BCUT2D eigenvalue weighted by molar-refractivity contribution is 7.88. The fourth-order valence-corrected chi connectivity index (χ4v) is 4.54. The molecule has 0 saturated heterocycles. The third-order valence-electron chi connectivity index (χ3n) is 5.50. The maximum atomic E-state index is 14.4. The Morgan fingerprint density at radius 2 is 1.49 bits per heavy atom. The SMILES string of the molecule is COc1ccc2c(c1)CCCC(c1cccc(F)c1)=C2OS(=O)(=O)C(F)(F)C(F)(F)C(F)(F)C(F)(F)F. The second-order valence-electron chi connectivity index (χ2n) is 7.90. The second kappa shape index (κ2) is 9.40. The van der Waals surface area contributed by atoms with Crippen LogP contribution in [-0.2, 0) is 20.7 Å². The van der Waals surface area contributed by atoms with Crippen molar-refractivity contribution in [1.82, 2.24) is 0 Å². The first kappa shape index (κ1) is 28.6. The van der Waals surface area contributed by atoms with E-state index in [1.807, 2.05) is 0 Å². The van der Waals surface area contributed by atoms with Crippen molar-refractivity contribution in [1.29, 1.82) is 0 Å². The minimum atomic E-state index is -7.47. The van der Waals surface area contributed by atoms with E-state index in [9.17, 15) is 52.3 Å². The topological polar surface area (TPSA) is 52.6 Å². The molecule has 0 amide bonds. The number of ether oxygens (including phenoxy) is 1. The fourth-order valence-electron chi connectivity index (χ4n) is 3.58. The Bertz CT molecular complexity index is 1320. The molecule has 0 saturated carbocycles. The van der Waals surface area contributed by atoms with Crippen molar-refractivity contribution >= 4 is 21.5 Å². The van der Waals surface area contributed by atoms with Crippen LogP contribution < -0.4 is 4.74 Å². The molecule has 0 unspecified atom stereocenters. The number of hydrogen-bond acceptors (Lipinski definition) is 4. The lowest BCUT2D eigenvalue weighted by molar-refractivity contribution is -0.382. The van der Waals surface area contributed by atoms with Gasteiger partial charge >= 0.3 is 33.4 Å². The number of aryl methyl sites for hydroxylation is 1. The van der Waals surface area contributed by atoms with Gasteiger partial charge in [-0.15, -0.1) is 0 Å². The smallest absolute Gasteiger partial charge is 0.460 e. The van der Waals surface area contributed by atoms with E-state index < -0.39 is 45.0 Å². The summed E-state index contributed by atoms with van der Waals surface area (Å²) in [4.78, 5) is 0. The molecule has 0 heterocycles. The van der Waals surface area contributed by atoms with Gasteiger partial charge in [-0.05, 0) is 60.7 Å². The Kier molecular flexibility index (Phi) is 7.27. The van der Waals surface area contributed by atoms with Gasteiger partial charge in [0.2, 0.25) is 0 Å². The Hall–Kier alpha value is -2.97. The minimum absolute atomic E-state index is 0.122. The number of hydrogen-bond donors (Lipinski definition) is 0. The number of halogens is 10. The van der Waals surface area contributed by atoms with Gasteiger partial charge in [0.25, 0.3) is 0 Å². The number of alkyl halides is 9. The monoisotopic (exact) mass is 566 g/mol. The number of rotatable bonds is 7. The molecule has 0 fully saturated rings. The molecule has 15 heteroatoms. The van der Waals surface area contributed by atoms with E-state index >= 15 is 0 Å². The van der Waals surface area contributed by atoms with E-state index in [1.165, 1.54) is 25.3 Å². The van der Waals surface area contributed by atoms with E-state index in [1.54, 1.807) is 0 Å². The lowest BCUT2D eigenvalue weighted by atomic mass is 9.98. The molecule has 0 N–H and O–H groups in total. The molecule has 0 spiro atoms. The first-order valence-electron chi connectivity index (χ1n) is 10.2. The lowest BCUT2D eigenvalue weighted by Gasteiger charge is -2.32. The molecule has 0 atom stereocenters. The first-order valence-corrected chi connectivity index (χ1v) is 11.6. The fraction of sp³-hybridized carbons (Fsp3) is 0.364. The Morgan fingerprint density at radius 3 is 2.05 bits per heavy atom. The molecule has 2 aromatic carbocycles. The van der Waals surface area contributed by atoms with Gasteiger partial charge in [0.15, 0.2) is 5.76 Å². The van der Waals surface area contributed by atoms with Crippen molar-refractivity contribution in [2.24, 2.45) is 0 Å². The zero-order chi connectivity index (χ0) is 28.0. The predicted octanol–water partition coefficient (Wildman–Crippen LogP) is 6.81. The van der Waals surface area contributed by atoms with Crippen LogP contribution in [0.4, 0.5) is 43.9 Å². The van der Waals surface area contributed by atoms with Crippen molar-refractivity contribution < 1.29 is 61.2 Å². The van der Waals surface area contributed by atoms with E-state index in [4.69, 9.17) is 4.74 Å². The van der Waals surface area contributed by atoms with Crippen LogP contribution in [-0.4, -0.2) is 38.8 Å². The summed E-state index contributed by atoms with van der Waals surface area (Å²) in [6, 6.07) is 7.78. The van der Waals surface area contributed by atoms with Gasteiger partial charge in [-0.25, -0.2) is 4.39 Å². The molecular formula is C22H16F10O4S. The molecule has 1 aliphatic carbocycles. The van der Waals surface area contributed by atoms with E-state index in [-0.39, 0.29) is 47.3 Å². The maximum absolute atomic E-state index is 14.4. The third kappa shape index (κ3) is 4.84. The number of methoxy groups -OCH3 is 1. The van der Waals surface area contributed by atoms with Crippen LogP contribution in [0.1, 0.15) is 29.5 Å². The summed E-state index contributed by atoms with van der Waals surface area (Å²) in [5.74, 6) is -16.6. The summed E-state index contributed by atoms with van der Waals surface area (Å²) in [6.45, 7) is 0. The highest BCUT2D eigenvalue weighted by Gasteiger charge is 2.86. The van der Waals surface area contributed by atoms with Crippen molar-refractivity contribution in [3.05, 3.63) is 65.0 Å². The first-order chi connectivity index (χ1) is 16.9. The van der Waals surface area contributed by atoms with E-state index in [2.05, 4.69) is 4.18 Å². The lowest BCUT2D eigenvalue weighted by Crippen LogP contribution is -2.63. The molecule has 204 valence electrons. The van der Waals surface area contributed by atoms with Crippen LogP contribution in [0.5, 0.6) is 5.75 Å². The average Bonchev–Trinajstić information content (AvgIpc) is 2.96. The van der Waals surface area contributed by atoms with Crippen LogP contribution in [0.15, 0.2) is 42.5 Å². The van der Waals surface area contributed by atoms with Crippen molar-refractivity contribution in [3.63, 3.8) is 0 Å². The van der Waals surface area contributed by atoms with Gasteiger partial charge in [-0.1, -0.05) is 12.1 Å². The molecule has 0 aliphatic heterocycles. The third-order valence-corrected chi connectivity index (χ3v) is 6.77. The summed E-state index contributed by atoms with van der Waals surface area (Å²) in [6.07, 6.45) is -7.15. The Morgan fingerprint density at radius 1 is 0.838 bits per heavy atom. The van der Waals surface area contributed by atoms with Crippen LogP contribution in [0, 0.1) is 5.82 Å². The molecule has 0 aromatic heterocycles. The van der Waals surface area contributed by atoms with Crippen molar-refractivity contribution in [3.8, 4) is 5.75 Å². The van der Waals surface area contributed by atoms with Crippen LogP contribution >= 0.6 is 0 Å². The summed E-state index contributed by atoms with van der Waals surface area (Å²) in [5.41, 5.74) is -0.534. The van der Waals surface area contributed by atoms with Crippen LogP contribution in [0.2, 0.25) is 0 Å². The maximum Gasteiger partial charge on any atom is 0.460 e. The number of allylic oxidation sites excluding steroid dienone is 1. The van der Waals surface area contributed by atoms with Crippen LogP contribution in [0.3, 0.4) is 0 Å². The highest BCUT2D eigenvalue weighted by atomic mass is 32.2. The molecule has 4 nitrogen and oxygen atoms in total. The summed E-state index contributed by atoms with van der Waals surface area (Å²) >= 11 is 0. The quantitative estimate of drug-likeness (QED) is 0.273. The van der Waals surface area contributed by atoms with Gasteiger partial charge in [-0.2, -0.15) is 47.9 Å². The molecule has 0 bridgehead atoms. The molecule has 0 radical (unpaired) electrons. The zero-order valence-corrected chi connectivity index (χ0v) is 19.3. The van der Waals surface area contributed by atoms with E-state index in [0.717, 1.165) is 24.3 Å². The molecule has 37 heavy (non-hydrogen) atoms. The van der Waals surface area contributed by atoms with Gasteiger partial charge in [-0.3, -0.25) is 0 Å². The molecular weight excluding hydrogens is 550 g/mol. The summed E-state index contributed by atoms with van der Waals surface area (Å²) < 4.78 is 169. The van der Waals surface area contributed by atoms with Gasteiger partial charge < -0.3 is 8.92 Å². The molecule has 2 aromatic rings. The van der Waals surface area contributed by atoms with Crippen LogP contribution in [0.25, 0.3) is 11.3 Å². The van der Waals surface area contributed by atoms with Crippen molar-refractivity contribution in [2.75, 3.05) is 7.11 Å². The molecule has 3 rings (SSSR count). The highest BCUT2D eigenvalue weighted by Crippen LogP contribution is 2.55. The zero-order valence-electron chi connectivity index (χ0n) is 18.5. The standard InChI is InChI=1S/C22H16F10O4S/c1-35-15-8-9-17-13(11-15)5-3-7-16(12-4-2-6-14(23)10-12)18(17)36-37(33,34)22(31,32)20(26,27)19(24,25)21(28,29)30/h2,4,6,8-11H,3,5,7H2,1H3. The van der Waals surface area contributed by atoms with E-state index in [0.29, 0.717) is 0 Å². The predicted molar refractivity (Wildman–Crippen MR) is 110 cm³/mol. The largest absolute Gasteiger partial charge is 0.497 e. The normalized spacial score (nSPS) is 15.8. The van der Waals surface area contributed by atoms with Gasteiger partial charge in [0.1, 0.15) is 11.6 Å². The van der Waals surface area contributed by atoms with Gasteiger partial charge in [0.05, 0.1) is 7.11 Å². The average molecular weight is 566 g/mol.